The van der Waals surface area contributed by atoms with E-state index in [0.29, 0.717) is 12.5 Å². The van der Waals surface area contributed by atoms with Crippen LogP contribution in [0, 0.1) is 12.8 Å². The molecular weight excluding hydrogens is 266 g/mol. The minimum atomic E-state index is -0.106. The van der Waals surface area contributed by atoms with Crippen molar-refractivity contribution in [1.29, 1.82) is 0 Å². The summed E-state index contributed by atoms with van der Waals surface area (Å²) < 4.78 is 3.36. The van der Waals surface area contributed by atoms with E-state index in [2.05, 4.69) is 29.4 Å². The number of anilines is 1. The van der Waals surface area contributed by atoms with E-state index < -0.39 is 0 Å². The molecule has 0 aromatic carbocycles. The Morgan fingerprint density at radius 1 is 1.29 bits per heavy atom. The zero-order valence-electron chi connectivity index (χ0n) is 13.1. The topological polar surface area (TPSA) is 64.7 Å². The van der Waals surface area contributed by atoms with Crippen LogP contribution in [0.2, 0.25) is 0 Å². The van der Waals surface area contributed by atoms with E-state index in [9.17, 15) is 4.79 Å². The van der Waals surface area contributed by atoms with E-state index in [1.54, 1.807) is 12.3 Å². The van der Waals surface area contributed by atoms with Crippen LogP contribution in [0.1, 0.15) is 32.2 Å². The zero-order valence-corrected chi connectivity index (χ0v) is 13.1. The molecule has 0 spiro atoms. The SMILES string of the molecule is CCn1nc(C)cc1Cn1ncc(NCC(C)C)cc1=O. The summed E-state index contributed by atoms with van der Waals surface area (Å²) in [5.41, 5.74) is 2.61. The average Bonchev–Trinajstić information content (AvgIpc) is 2.79. The Morgan fingerprint density at radius 3 is 2.67 bits per heavy atom. The van der Waals surface area contributed by atoms with Gasteiger partial charge in [0.15, 0.2) is 0 Å². The lowest BCUT2D eigenvalue weighted by Gasteiger charge is -2.10. The van der Waals surface area contributed by atoms with Gasteiger partial charge in [-0.3, -0.25) is 9.48 Å². The molecule has 2 aromatic heterocycles. The molecule has 0 aliphatic heterocycles. The highest BCUT2D eigenvalue weighted by atomic mass is 16.1. The summed E-state index contributed by atoms with van der Waals surface area (Å²) in [5, 5.41) is 11.8. The number of aromatic nitrogens is 4. The molecule has 6 heteroatoms. The molecule has 2 aromatic rings. The number of hydrogen-bond donors (Lipinski definition) is 1. The summed E-state index contributed by atoms with van der Waals surface area (Å²) in [6.07, 6.45) is 1.70. The lowest BCUT2D eigenvalue weighted by Crippen LogP contribution is -2.24. The second-order valence-corrected chi connectivity index (χ2v) is 5.61. The maximum atomic E-state index is 12.1. The van der Waals surface area contributed by atoms with Gasteiger partial charge in [-0.1, -0.05) is 13.8 Å². The van der Waals surface area contributed by atoms with Gasteiger partial charge >= 0.3 is 0 Å². The molecule has 2 rings (SSSR count). The highest BCUT2D eigenvalue weighted by molar-refractivity contribution is 5.38. The van der Waals surface area contributed by atoms with E-state index in [-0.39, 0.29) is 5.56 Å². The highest BCUT2D eigenvalue weighted by Crippen LogP contribution is 2.06. The van der Waals surface area contributed by atoms with Crippen LogP contribution in [0.15, 0.2) is 23.1 Å². The van der Waals surface area contributed by atoms with E-state index in [1.165, 1.54) is 4.68 Å². The lowest BCUT2D eigenvalue weighted by atomic mass is 10.2. The number of rotatable bonds is 6. The summed E-state index contributed by atoms with van der Waals surface area (Å²) >= 11 is 0. The summed E-state index contributed by atoms with van der Waals surface area (Å²) in [4.78, 5) is 12.1. The molecule has 0 radical (unpaired) electrons. The van der Waals surface area contributed by atoms with Gasteiger partial charge in [-0.05, 0) is 25.8 Å². The molecule has 114 valence electrons. The third-order valence-corrected chi connectivity index (χ3v) is 3.18. The van der Waals surface area contributed by atoms with Crippen LogP contribution in [0.3, 0.4) is 0 Å². The fourth-order valence-electron chi connectivity index (χ4n) is 2.12. The first-order chi connectivity index (χ1) is 9.99. The molecule has 6 nitrogen and oxygen atoms in total. The summed E-state index contributed by atoms with van der Waals surface area (Å²) in [6, 6.07) is 3.58. The molecule has 0 aliphatic rings. The molecule has 0 unspecified atom stereocenters. The molecule has 0 fully saturated rings. The molecule has 1 N–H and O–H groups in total. The van der Waals surface area contributed by atoms with Crippen LogP contribution in [0.5, 0.6) is 0 Å². The molecule has 0 saturated heterocycles. The second kappa shape index (κ2) is 6.56. The minimum absolute atomic E-state index is 0.106. The fraction of sp³-hybridized carbons (Fsp3) is 0.533. The van der Waals surface area contributed by atoms with Gasteiger partial charge in [0.2, 0.25) is 0 Å². The van der Waals surface area contributed by atoms with Gasteiger partial charge in [0.25, 0.3) is 5.56 Å². The van der Waals surface area contributed by atoms with Crippen molar-refractivity contribution >= 4 is 5.69 Å². The molecule has 0 amide bonds. The number of hydrogen-bond acceptors (Lipinski definition) is 4. The van der Waals surface area contributed by atoms with Crippen molar-refractivity contribution in [2.75, 3.05) is 11.9 Å². The van der Waals surface area contributed by atoms with Gasteiger partial charge in [0, 0.05) is 19.2 Å². The Labute approximate surface area is 124 Å². The van der Waals surface area contributed by atoms with Crippen LogP contribution >= 0.6 is 0 Å². The highest BCUT2D eigenvalue weighted by Gasteiger charge is 2.07. The summed E-state index contributed by atoms with van der Waals surface area (Å²) in [7, 11) is 0. The molecular formula is C15H23N5O. The Kier molecular flexibility index (Phi) is 4.77. The van der Waals surface area contributed by atoms with Crippen LogP contribution in [0.25, 0.3) is 0 Å². The van der Waals surface area contributed by atoms with Crippen LogP contribution < -0.4 is 10.9 Å². The number of aryl methyl sites for hydroxylation is 2. The van der Waals surface area contributed by atoms with Gasteiger partial charge < -0.3 is 5.32 Å². The van der Waals surface area contributed by atoms with Crippen molar-refractivity contribution in [3.05, 3.63) is 40.1 Å². The molecule has 0 bridgehead atoms. The van der Waals surface area contributed by atoms with Crippen molar-refractivity contribution in [2.45, 2.75) is 40.8 Å². The number of nitrogens with one attached hydrogen (secondary N) is 1. The molecule has 21 heavy (non-hydrogen) atoms. The van der Waals surface area contributed by atoms with Crippen molar-refractivity contribution in [2.24, 2.45) is 5.92 Å². The Hall–Kier alpha value is -2.11. The summed E-state index contributed by atoms with van der Waals surface area (Å²) in [5.74, 6) is 0.523. The Balaban J connectivity index is 2.15. The van der Waals surface area contributed by atoms with Gasteiger partial charge in [0.05, 0.1) is 29.8 Å². The first kappa shape index (κ1) is 15.3. The first-order valence-electron chi connectivity index (χ1n) is 7.34. The predicted molar refractivity (Wildman–Crippen MR) is 83.6 cm³/mol. The van der Waals surface area contributed by atoms with E-state index in [4.69, 9.17) is 0 Å². The monoisotopic (exact) mass is 289 g/mol. The maximum Gasteiger partial charge on any atom is 0.269 e. The maximum absolute atomic E-state index is 12.1. The number of nitrogens with zero attached hydrogens (tertiary/aromatic N) is 4. The van der Waals surface area contributed by atoms with Crippen molar-refractivity contribution in [3.8, 4) is 0 Å². The third-order valence-electron chi connectivity index (χ3n) is 3.18. The largest absolute Gasteiger partial charge is 0.383 e. The smallest absolute Gasteiger partial charge is 0.269 e. The zero-order chi connectivity index (χ0) is 15.4. The normalized spacial score (nSPS) is 11.1. The first-order valence-corrected chi connectivity index (χ1v) is 7.34. The van der Waals surface area contributed by atoms with Gasteiger partial charge in [-0.25, -0.2) is 4.68 Å². The quantitative estimate of drug-likeness (QED) is 0.882. The third kappa shape index (κ3) is 3.93. The Morgan fingerprint density at radius 2 is 2.05 bits per heavy atom. The fourth-order valence-corrected chi connectivity index (χ4v) is 2.12. The Bertz CT molecular complexity index is 656. The molecule has 0 atom stereocenters. The summed E-state index contributed by atoms with van der Waals surface area (Å²) in [6.45, 7) is 10.3. The lowest BCUT2D eigenvalue weighted by molar-refractivity contribution is 0.559. The van der Waals surface area contributed by atoms with Gasteiger partial charge in [-0.2, -0.15) is 10.2 Å². The molecule has 0 saturated carbocycles. The standard InChI is InChI=1S/C15H23N5O/c1-5-19-14(6-12(4)18-19)10-20-15(21)7-13(9-17-20)16-8-11(2)3/h6-7,9,11,16H,5,8,10H2,1-4H3. The van der Waals surface area contributed by atoms with Gasteiger partial charge in [-0.15, -0.1) is 0 Å². The second-order valence-electron chi connectivity index (χ2n) is 5.61. The van der Waals surface area contributed by atoms with Crippen molar-refractivity contribution in [3.63, 3.8) is 0 Å². The van der Waals surface area contributed by atoms with Crippen LogP contribution in [-0.4, -0.2) is 26.1 Å². The molecule has 2 heterocycles. The van der Waals surface area contributed by atoms with E-state index in [0.717, 1.165) is 30.2 Å². The van der Waals surface area contributed by atoms with Crippen molar-refractivity contribution in [1.82, 2.24) is 19.6 Å². The molecule has 0 aliphatic carbocycles. The van der Waals surface area contributed by atoms with Gasteiger partial charge in [0.1, 0.15) is 0 Å². The van der Waals surface area contributed by atoms with Crippen LogP contribution in [0.4, 0.5) is 5.69 Å². The average molecular weight is 289 g/mol. The van der Waals surface area contributed by atoms with E-state index in [1.807, 2.05) is 24.6 Å². The van der Waals surface area contributed by atoms with E-state index >= 15 is 0 Å². The van der Waals surface area contributed by atoms with Crippen molar-refractivity contribution < 1.29 is 0 Å². The predicted octanol–water partition coefficient (Wildman–Crippen LogP) is 1.88. The van der Waals surface area contributed by atoms with Crippen LogP contribution in [-0.2, 0) is 13.1 Å². The minimum Gasteiger partial charge on any atom is -0.383 e.